The zero-order valence-corrected chi connectivity index (χ0v) is 14.3. The average molecular weight is 336 g/mol. The van der Waals surface area contributed by atoms with Gasteiger partial charge in [-0.3, -0.25) is 9.59 Å². The van der Waals surface area contributed by atoms with E-state index < -0.39 is 0 Å². The first kappa shape index (κ1) is 18.4. The lowest BCUT2D eigenvalue weighted by Gasteiger charge is -2.37. The molecule has 0 spiro atoms. The zero-order valence-electron chi connectivity index (χ0n) is 14.3. The third-order valence-corrected chi connectivity index (χ3v) is 4.42. The maximum absolute atomic E-state index is 13.3. The number of likely N-dealkylation sites (tertiary alicyclic amines) is 1. The largest absolute Gasteiger partial charge is 0.383 e. The summed E-state index contributed by atoms with van der Waals surface area (Å²) in [5, 5.41) is 2.83. The van der Waals surface area contributed by atoms with Crippen molar-refractivity contribution in [2.45, 2.75) is 32.2 Å². The number of nitrogens with one attached hydrogen (secondary N) is 1. The Hall–Kier alpha value is -1.95. The molecule has 0 aromatic heterocycles. The molecule has 5 nitrogen and oxygen atoms in total. The van der Waals surface area contributed by atoms with Gasteiger partial charge < -0.3 is 15.0 Å². The molecule has 1 saturated heterocycles. The summed E-state index contributed by atoms with van der Waals surface area (Å²) in [7, 11) is 1.58. The molecule has 2 amide bonds. The maximum Gasteiger partial charge on any atom is 0.227 e. The van der Waals surface area contributed by atoms with Crippen LogP contribution in [-0.4, -0.2) is 49.6 Å². The molecule has 1 aliphatic heterocycles. The summed E-state index contributed by atoms with van der Waals surface area (Å²) in [4.78, 5) is 26.5. The van der Waals surface area contributed by atoms with Crippen molar-refractivity contribution < 1.29 is 18.7 Å². The number of hydrogen-bond donors (Lipinski definition) is 1. The highest BCUT2D eigenvalue weighted by atomic mass is 19.1. The van der Waals surface area contributed by atoms with Crippen LogP contribution < -0.4 is 5.32 Å². The van der Waals surface area contributed by atoms with Crippen LogP contribution in [0.25, 0.3) is 0 Å². The van der Waals surface area contributed by atoms with E-state index in [2.05, 4.69) is 5.32 Å². The van der Waals surface area contributed by atoms with E-state index in [0.29, 0.717) is 25.3 Å². The maximum atomic E-state index is 13.3. The van der Waals surface area contributed by atoms with Crippen LogP contribution in [0.2, 0.25) is 0 Å². The molecule has 1 heterocycles. The van der Waals surface area contributed by atoms with Crippen LogP contribution in [-0.2, 0) is 20.7 Å². The molecule has 0 unspecified atom stereocenters. The Labute approximate surface area is 142 Å². The van der Waals surface area contributed by atoms with E-state index in [1.54, 1.807) is 24.1 Å². The molecule has 1 fully saturated rings. The molecule has 132 valence electrons. The summed E-state index contributed by atoms with van der Waals surface area (Å²) >= 11 is 0. The van der Waals surface area contributed by atoms with Gasteiger partial charge in [0.05, 0.1) is 18.9 Å². The first-order valence-corrected chi connectivity index (χ1v) is 8.31. The second-order valence-electron chi connectivity index (χ2n) is 6.26. The fourth-order valence-electron chi connectivity index (χ4n) is 3.01. The van der Waals surface area contributed by atoms with Crippen molar-refractivity contribution in [3.63, 3.8) is 0 Å². The van der Waals surface area contributed by atoms with Gasteiger partial charge in [0.15, 0.2) is 0 Å². The molecule has 2 atom stereocenters. The molecule has 1 aromatic rings. The molecule has 0 saturated carbocycles. The van der Waals surface area contributed by atoms with E-state index in [-0.39, 0.29) is 36.0 Å². The molecule has 0 aliphatic carbocycles. The number of carbonyl (C=O) groups excluding carboxylic acids is 2. The van der Waals surface area contributed by atoms with Crippen LogP contribution in [0.4, 0.5) is 4.39 Å². The summed E-state index contributed by atoms with van der Waals surface area (Å²) < 4.78 is 18.2. The van der Waals surface area contributed by atoms with E-state index in [1.165, 1.54) is 12.1 Å². The topological polar surface area (TPSA) is 58.6 Å². The van der Waals surface area contributed by atoms with Crippen LogP contribution in [0.15, 0.2) is 24.3 Å². The quantitative estimate of drug-likeness (QED) is 0.806. The minimum Gasteiger partial charge on any atom is -0.383 e. The molecule has 1 N–H and O–H groups in total. The monoisotopic (exact) mass is 336 g/mol. The summed E-state index contributed by atoms with van der Waals surface area (Å²) in [5.41, 5.74) is 0.652. The molecular weight excluding hydrogens is 311 g/mol. The lowest BCUT2D eigenvalue weighted by molar-refractivity contribution is -0.137. The molecule has 24 heavy (non-hydrogen) atoms. The Balaban J connectivity index is 1.94. The number of nitrogens with zero attached hydrogens (tertiary/aromatic N) is 1. The van der Waals surface area contributed by atoms with Crippen LogP contribution in [0.3, 0.4) is 0 Å². The normalized spacial score (nSPS) is 20.7. The lowest BCUT2D eigenvalue weighted by Crippen LogP contribution is -2.50. The Morgan fingerprint density at radius 2 is 2.17 bits per heavy atom. The molecular formula is C18H25FN2O3. The van der Waals surface area contributed by atoms with E-state index >= 15 is 0 Å². The zero-order chi connectivity index (χ0) is 17.5. The number of methoxy groups -OCH3 is 1. The van der Waals surface area contributed by atoms with Gasteiger partial charge in [0.25, 0.3) is 0 Å². The molecule has 6 heteroatoms. The van der Waals surface area contributed by atoms with Crippen molar-refractivity contribution in [1.29, 1.82) is 0 Å². The van der Waals surface area contributed by atoms with Crippen LogP contribution in [0.1, 0.15) is 25.3 Å². The number of benzene rings is 1. The Morgan fingerprint density at radius 3 is 2.88 bits per heavy atom. The van der Waals surface area contributed by atoms with E-state index in [9.17, 15) is 14.0 Å². The van der Waals surface area contributed by atoms with Crippen LogP contribution in [0, 0.1) is 11.7 Å². The summed E-state index contributed by atoms with van der Waals surface area (Å²) in [6.45, 7) is 3.34. The lowest BCUT2D eigenvalue weighted by atomic mass is 9.92. The molecule has 0 bridgehead atoms. The summed E-state index contributed by atoms with van der Waals surface area (Å²) in [6.07, 6.45) is 1.71. The predicted octanol–water partition coefficient (Wildman–Crippen LogP) is 1.76. The van der Waals surface area contributed by atoms with Gasteiger partial charge in [-0.1, -0.05) is 12.1 Å². The fraction of sp³-hybridized carbons (Fsp3) is 0.556. The Morgan fingerprint density at radius 1 is 1.38 bits per heavy atom. The molecule has 1 aromatic carbocycles. The van der Waals surface area contributed by atoms with Gasteiger partial charge in [-0.2, -0.15) is 0 Å². The highest BCUT2D eigenvalue weighted by molar-refractivity contribution is 5.82. The van der Waals surface area contributed by atoms with Crippen molar-refractivity contribution in [3.8, 4) is 0 Å². The second kappa shape index (κ2) is 8.78. The fourth-order valence-corrected chi connectivity index (χ4v) is 3.01. The standard InChI is InChI=1S/C18H25FN2O3/c1-13-6-7-15(18(23)20-8-9-24-2)12-21(13)17(22)11-14-4-3-5-16(19)10-14/h3-5,10,13,15H,6-9,11-12H2,1-2H3,(H,20,23)/t13-,15-/m0/s1. The highest BCUT2D eigenvalue weighted by Gasteiger charge is 2.32. The van der Waals surface area contributed by atoms with Crippen LogP contribution >= 0.6 is 0 Å². The van der Waals surface area contributed by atoms with Crippen molar-refractivity contribution >= 4 is 11.8 Å². The summed E-state index contributed by atoms with van der Waals surface area (Å²) in [5.74, 6) is -0.651. The molecule has 2 rings (SSSR count). The van der Waals surface area contributed by atoms with Crippen molar-refractivity contribution in [3.05, 3.63) is 35.6 Å². The van der Waals surface area contributed by atoms with Gasteiger partial charge in [-0.05, 0) is 37.5 Å². The number of amides is 2. The van der Waals surface area contributed by atoms with Crippen molar-refractivity contribution in [2.75, 3.05) is 26.8 Å². The average Bonchev–Trinajstić information content (AvgIpc) is 2.55. The number of carbonyl (C=O) groups is 2. The summed E-state index contributed by atoms with van der Waals surface area (Å²) in [6, 6.07) is 6.17. The molecule has 0 radical (unpaired) electrons. The third-order valence-electron chi connectivity index (χ3n) is 4.42. The first-order valence-electron chi connectivity index (χ1n) is 8.31. The van der Waals surface area contributed by atoms with E-state index in [0.717, 1.165) is 12.8 Å². The van der Waals surface area contributed by atoms with Gasteiger partial charge in [0.2, 0.25) is 11.8 Å². The highest BCUT2D eigenvalue weighted by Crippen LogP contribution is 2.23. The second-order valence-corrected chi connectivity index (χ2v) is 6.26. The van der Waals surface area contributed by atoms with Crippen LogP contribution in [0.5, 0.6) is 0 Å². The number of halogens is 1. The predicted molar refractivity (Wildman–Crippen MR) is 88.9 cm³/mol. The van der Waals surface area contributed by atoms with Crippen molar-refractivity contribution in [1.82, 2.24) is 10.2 Å². The number of rotatable bonds is 6. The van der Waals surface area contributed by atoms with E-state index in [1.807, 2.05) is 6.92 Å². The van der Waals surface area contributed by atoms with E-state index in [4.69, 9.17) is 4.74 Å². The van der Waals surface area contributed by atoms with Gasteiger partial charge in [-0.25, -0.2) is 4.39 Å². The number of hydrogen-bond acceptors (Lipinski definition) is 3. The van der Waals surface area contributed by atoms with Gasteiger partial charge >= 0.3 is 0 Å². The Bertz CT molecular complexity index is 579. The van der Waals surface area contributed by atoms with Gasteiger partial charge in [0, 0.05) is 26.2 Å². The third kappa shape index (κ3) is 5.03. The van der Waals surface area contributed by atoms with Crippen molar-refractivity contribution in [2.24, 2.45) is 5.92 Å². The minimum atomic E-state index is -0.345. The number of piperidine rings is 1. The number of ether oxygens (including phenoxy) is 1. The minimum absolute atomic E-state index is 0.0393. The van der Waals surface area contributed by atoms with Gasteiger partial charge in [0.1, 0.15) is 5.82 Å². The SMILES string of the molecule is COCCNC(=O)[C@H]1CC[C@H](C)N(C(=O)Cc2cccc(F)c2)C1. The Kier molecular flexibility index (Phi) is 6.73. The molecule has 1 aliphatic rings. The van der Waals surface area contributed by atoms with Gasteiger partial charge in [-0.15, -0.1) is 0 Å². The first-order chi connectivity index (χ1) is 11.5. The smallest absolute Gasteiger partial charge is 0.227 e.